The number of nitrogens with zero attached hydrogens (tertiary/aromatic N) is 5. The summed E-state index contributed by atoms with van der Waals surface area (Å²) in [7, 11) is 3.55. The summed E-state index contributed by atoms with van der Waals surface area (Å²) in [5.41, 5.74) is 8.11. The lowest BCUT2D eigenvalue weighted by molar-refractivity contribution is 0.0973. The van der Waals surface area contributed by atoms with E-state index < -0.39 is 0 Å². The summed E-state index contributed by atoms with van der Waals surface area (Å²) in [6, 6.07) is 1.87. The molecule has 2 fully saturated rings. The van der Waals surface area contributed by atoms with Crippen molar-refractivity contribution < 1.29 is 4.74 Å². The van der Waals surface area contributed by atoms with Gasteiger partial charge in [0.25, 0.3) is 5.56 Å². The summed E-state index contributed by atoms with van der Waals surface area (Å²) in [5.74, 6) is 1.31. The van der Waals surface area contributed by atoms with E-state index in [9.17, 15) is 4.79 Å². The Bertz CT molecular complexity index is 1230. The molecule has 0 saturated carbocycles. The van der Waals surface area contributed by atoms with Crippen molar-refractivity contribution in [3.05, 3.63) is 27.1 Å². The van der Waals surface area contributed by atoms with Crippen molar-refractivity contribution in [2.45, 2.75) is 31.9 Å². The number of halogens is 1. The number of aromatic amines is 1. The molecule has 5 rings (SSSR count). The van der Waals surface area contributed by atoms with Crippen molar-refractivity contribution in [1.82, 2.24) is 24.7 Å². The first-order valence-electron chi connectivity index (χ1n) is 10.8. The second-order valence-corrected chi connectivity index (χ2v) is 9.53. The van der Waals surface area contributed by atoms with Crippen LogP contribution in [0.25, 0.3) is 22.3 Å². The molecule has 3 aromatic rings. The highest BCUT2D eigenvalue weighted by Gasteiger charge is 2.47. The fraction of sp³-hybridized carbons (Fsp3) is 0.524. The molecule has 0 aromatic carbocycles. The molecule has 3 aromatic heterocycles. The van der Waals surface area contributed by atoms with E-state index in [2.05, 4.69) is 41.3 Å². The van der Waals surface area contributed by atoms with E-state index in [0.29, 0.717) is 35.1 Å². The molecule has 0 radical (unpaired) electrons. The van der Waals surface area contributed by atoms with Gasteiger partial charge in [0.2, 0.25) is 5.95 Å². The number of piperidine rings is 1. The molecule has 2 atom stereocenters. The van der Waals surface area contributed by atoms with Gasteiger partial charge in [0.1, 0.15) is 16.9 Å². The second kappa shape index (κ2) is 7.82. The fourth-order valence-electron chi connectivity index (χ4n) is 4.95. The molecule has 11 heteroatoms. The molecule has 4 N–H and O–H groups in total. The minimum atomic E-state index is -0.140. The first kappa shape index (κ1) is 21.4. The lowest BCUT2D eigenvalue weighted by Crippen LogP contribution is -2.51. The van der Waals surface area contributed by atoms with Gasteiger partial charge in [0.15, 0.2) is 5.65 Å². The van der Waals surface area contributed by atoms with Crippen LogP contribution in [0, 0.1) is 5.41 Å². The summed E-state index contributed by atoms with van der Waals surface area (Å²) < 4.78 is 8.19. The zero-order valence-corrected chi connectivity index (χ0v) is 19.9. The number of hydrogen-bond donors (Lipinski definition) is 3. The standard InChI is InChI=1S/C21H27BrN8O2/c1-11-16(23)21(10-32-11)5-8-30(9-6-21)20-26-17-13(19(31)29(20)3)15(27-28-17)12-4-7-25-18(24-2)14(12)22/h4,7,11,16H,5-6,8-10,23H2,1-3H3,(H,24,25)(H,27,28)/t11-,16+/m0/s1. The summed E-state index contributed by atoms with van der Waals surface area (Å²) in [5, 5.41) is 10.9. The number of nitrogens with one attached hydrogen (secondary N) is 2. The Labute approximate surface area is 193 Å². The third-order valence-corrected chi connectivity index (χ3v) is 7.85. The molecule has 32 heavy (non-hydrogen) atoms. The molecule has 2 aliphatic rings. The largest absolute Gasteiger partial charge is 0.376 e. The SMILES string of the molecule is CNc1nccc(-c2n[nH]c3nc(N4CCC5(CC4)CO[C@@H](C)[C@H]5N)n(C)c(=O)c23)c1Br. The number of hydrogen-bond acceptors (Lipinski definition) is 8. The summed E-state index contributed by atoms with van der Waals surface area (Å²) in [6.45, 7) is 4.30. The zero-order valence-electron chi connectivity index (χ0n) is 18.4. The van der Waals surface area contributed by atoms with Gasteiger partial charge in [-0.3, -0.25) is 14.5 Å². The molecule has 0 aliphatic carbocycles. The summed E-state index contributed by atoms with van der Waals surface area (Å²) >= 11 is 3.57. The Morgan fingerprint density at radius 3 is 2.78 bits per heavy atom. The molecular weight excluding hydrogens is 476 g/mol. The van der Waals surface area contributed by atoms with Crippen LogP contribution < -0.4 is 21.5 Å². The van der Waals surface area contributed by atoms with Gasteiger partial charge in [0, 0.05) is 50.4 Å². The molecule has 0 bridgehead atoms. The normalized spacial score (nSPS) is 22.7. The van der Waals surface area contributed by atoms with Gasteiger partial charge < -0.3 is 20.7 Å². The van der Waals surface area contributed by atoms with Crippen LogP contribution in [-0.4, -0.2) is 63.6 Å². The summed E-state index contributed by atoms with van der Waals surface area (Å²) in [4.78, 5) is 24.6. The van der Waals surface area contributed by atoms with Crippen LogP contribution >= 0.6 is 15.9 Å². The van der Waals surface area contributed by atoms with Crippen molar-refractivity contribution in [1.29, 1.82) is 0 Å². The lowest BCUT2D eigenvalue weighted by Gasteiger charge is -2.41. The highest BCUT2D eigenvalue weighted by atomic mass is 79.9. The topological polar surface area (TPSA) is 127 Å². The molecule has 2 saturated heterocycles. The fourth-order valence-corrected chi connectivity index (χ4v) is 5.57. The van der Waals surface area contributed by atoms with Gasteiger partial charge in [-0.05, 0) is 41.8 Å². The van der Waals surface area contributed by atoms with Gasteiger partial charge in [-0.1, -0.05) is 0 Å². The smallest absolute Gasteiger partial charge is 0.266 e. The van der Waals surface area contributed by atoms with E-state index in [-0.39, 0.29) is 23.1 Å². The van der Waals surface area contributed by atoms with Crippen LogP contribution in [0.2, 0.25) is 0 Å². The third-order valence-electron chi connectivity index (χ3n) is 7.05. The molecule has 170 valence electrons. The average Bonchev–Trinajstić information content (AvgIpc) is 3.34. The summed E-state index contributed by atoms with van der Waals surface area (Å²) in [6.07, 6.45) is 3.59. The molecule has 2 aliphatic heterocycles. The number of pyridine rings is 1. The van der Waals surface area contributed by atoms with Gasteiger partial charge in [-0.2, -0.15) is 10.1 Å². The number of nitrogens with two attached hydrogens (primary N) is 1. The number of aromatic nitrogens is 5. The van der Waals surface area contributed by atoms with E-state index in [1.54, 1.807) is 24.9 Å². The maximum atomic E-state index is 13.4. The predicted molar refractivity (Wildman–Crippen MR) is 127 cm³/mol. The van der Waals surface area contributed by atoms with E-state index in [1.807, 2.05) is 13.0 Å². The Balaban J connectivity index is 1.50. The van der Waals surface area contributed by atoms with E-state index in [0.717, 1.165) is 36.0 Å². The van der Waals surface area contributed by atoms with Gasteiger partial charge in [-0.25, -0.2) is 4.98 Å². The van der Waals surface area contributed by atoms with E-state index in [1.165, 1.54) is 0 Å². The Morgan fingerprint density at radius 1 is 1.38 bits per heavy atom. The van der Waals surface area contributed by atoms with E-state index in [4.69, 9.17) is 15.5 Å². The van der Waals surface area contributed by atoms with Crippen LogP contribution in [0.4, 0.5) is 11.8 Å². The number of anilines is 2. The van der Waals surface area contributed by atoms with Gasteiger partial charge in [0.05, 0.1) is 17.2 Å². The van der Waals surface area contributed by atoms with Crippen LogP contribution in [0.3, 0.4) is 0 Å². The minimum absolute atomic E-state index is 0.0126. The van der Waals surface area contributed by atoms with Crippen LogP contribution in [0.5, 0.6) is 0 Å². The number of ether oxygens (including phenoxy) is 1. The molecule has 5 heterocycles. The van der Waals surface area contributed by atoms with Gasteiger partial charge in [-0.15, -0.1) is 0 Å². The molecular formula is C21H27BrN8O2. The van der Waals surface area contributed by atoms with Crippen LogP contribution in [0.15, 0.2) is 21.5 Å². The number of H-pyrrole nitrogens is 1. The lowest BCUT2D eigenvalue weighted by atomic mass is 9.73. The Morgan fingerprint density at radius 2 is 2.12 bits per heavy atom. The van der Waals surface area contributed by atoms with Crippen molar-refractivity contribution in [2.24, 2.45) is 18.2 Å². The van der Waals surface area contributed by atoms with Crippen molar-refractivity contribution in [2.75, 3.05) is 37.0 Å². The predicted octanol–water partition coefficient (Wildman–Crippen LogP) is 1.86. The maximum absolute atomic E-state index is 13.4. The van der Waals surface area contributed by atoms with Gasteiger partial charge >= 0.3 is 0 Å². The van der Waals surface area contributed by atoms with Crippen LogP contribution in [0.1, 0.15) is 19.8 Å². The quantitative estimate of drug-likeness (QED) is 0.495. The van der Waals surface area contributed by atoms with Crippen molar-refractivity contribution in [3.63, 3.8) is 0 Å². The second-order valence-electron chi connectivity index (χ2n) is 8.73. The van der Waals surface area contributed by atoms with Crippen LogP contribution in [-0.2, 0) is 11.8 Å². The highest BCUT2D eigenvalue weighted by Crippen LogP contribution is 2.42. The molecule has 0 unspecified atom stereocenters. The zero-order chi connectivity index (χ0) is 22.6. The highest BCUT2D eigenvalue weighted by molar-refractivity contribution is 9.10. The van der Waals surface area contributed by atoms with E-state index >= 15 is 0 Å². The minimum Gasteiger partial charge on any atom is -0.376 e. The van der Waals surface area contributed by atoms with Crippen molar-refractivity contribution in [3.8, 4) is 11.3 Å². The monoisotopic (exact) mass is 502 g/mol. The first-order chi connectivity index (χ1) is 15.4. The Hall–Kier alpha value is -2.50. The maximum Gasteiger partial charge on any atom is 0.266 e. The van der Waals surface area contributed by atoms with Crippen molar-refractivity contribution >= 4 is 38.7 Å². The molecule has 0 amide bonds. The third kappa shape index (κ3) is 3.13. The molecule has 1 spiro atoms. The Kier molecular flexibility index (Phi) is 5.22. The average molecular weight is 503 g/mol. The first-order valence-corrected chi connectivity index (χ1v) is 11.6. The number of rotatable bonds is 3. The molecule has 10 nitrogen and oxygen atoms in total. The number of fused-ring (bicyclic) bond motifs is 1.